The predicted molar refractivity (Wildman–Crippen MR) is 110 cm³/mol. The summed E-state index contributed by atoms with van der Waals surface area (Å²) in [6.07, 6.45) is 5.05. The zero-order chi connectivity index (χ0) is 20.5. The summed E-state index contributed by atoms with van der Waals surface area (Å²) in [6.45, 7) is 3.75. The highest BCUT2D eigenvalue weighted by atomic mass is 16.6. The SMILES string of the molecule is Cc1cc(Nc2nc(NC3C[C@H]4CC[C@@H](C3)N4CCC#N)c3c(n2)OCCO3)n[nH]1. The van der Waals surface area contributed by atoms with Crippen LogP contribution in [0.3, 0.4) is 0 Å². The Balaban J connectivity index is 1.35. The molecule has 0 radical (unpaired) electrons. The molecule has 2 saturated heterocycles. The lowest BCUT2D eigenvalue weighted by atomic mass is 9.97. The third-order valence-electron chi connectivity index (χ3n) is 6.06. The fraction of sp³-hybridized carbons (Fsp3) is 0.600. The Bertz CT molecular complexity index is 941. The van der Waals surface area contributed by atoms with Gasteiger partial charge in [0.2, 0.25) is 11.7 Å². The van der Waals surface area contributed by atoms with Crippen molar-refractivity contribution < 1.29 is 9.47 Å². The number of hydrogen-bond acceptors (Lipinski definition) is 9. The van der Waals surface area contributed by atoms with Crippen LogP contribution in [0, 0.1) is 18.3 Å². The summed E-state index contributed by atoms with van der Waals surface area (Å²) in [5.74, 6) is 2.75. The van der Waals surface area contributed by atoms with E-state index in [-0.39, 0.29) is 0 Å². The molecule has 1 unspecified atom stereocenters. The molecule has 0 amide bonds. The highest BCUT2D eigenvalue weighted by Crippen LogP contribution is 2.40. The molecular weight excluding hydrogens is 384 g/mol. The summed E-state index contributed by atoms with van der Waals surface area (Å²) in [7, 11) is 0. The molecule has 5 rings (SSSR count). The van der Waals surface area contributed by atoms with Gasteiger partial charge in [-0.25, -0.2) is 0 Å². The van der Waals surface area contributed by atoms with Gasteiger partial charge in [-0.15, -0.1) is 0 Å². The highest BCUT2D eigenvalue weighted by Gasteiger charge is 2.40. The van der Waals surface area contributed by atoms with Crippen LogP contribution in [0.2, 0.25) is 0 Å². The van der Waals surface area contributed by atoms with Crippen LogP contribution in [0.4, 0.5) is 17.6 Å². The van der Waals surface area contributed by atoms with Gasteiger partial charge >= 0.3 is 0 Å². The van der Waals surface area contributed by atoms with Gasteiger partial charge in [-0.1, -0.05) is 0 Å². The van der Waals surface area contributed by atoms with Crippen molar-refractivity contribution in [2.75, 3.05) is 30.4 Å². The lowest BCUT2D eigenvalue weighted by molar-refractivity contribution is 0.135. The molecule has 3 aliphatic rings. The number of hydrogen-bond donors (Lipinski definition) is 3. The molecule has 10 nitrogen and oxygen atoms in total. The summed E-state index contributed by atoms with van der Waals surface area (Å²) in [6, 6.07) is 5.51. The zero-order valence-electron chi connectivity index (χ0n) is 17.0. The van der Waals surface area contributed by atoms with Crippen LogP contribution in [0.5, 0.6) is 11.6 Å². The number of aromatic nitrogens is 4. The molecule has 5 heterocycles. The second-order valence-corrected chi connectivity index (χ2v) is 8.13. The molecule has 3 atom stereocenters. The molecule has 2 bridgehead atoms. The monoisotopic (exact) mass is 410 g/mol. The van der Waals surface area contributed by atoms with Crippen LogP contribution in [0.15, 0.2) is 6.07 Å². The van der Waals surface area contributed by atoms with Crippen molar-refractivity contribution in [3.8, 4) is 17.7 Å². The Kier molecular flexibility index (Phi) is 5.04. The Hall–Kier alpha value is -3.06. The third kappa shape index (κ3) is 3.73. The van der Waals surface area contributed by atoms with E-state index in [1.165, 1.54) is 12.8 Å². The number of nitriles is 1. The van der Waals surface area contributed by atoms with Gasteiger partial charge in [-0.3, -0.25) is 10.00 Å². The van der Waals surface area contributed by atoms with Gasteiger partial charge in [0.15, 0.2) is 11.6 Å². The number of aryl methyl sites for hydroxylation is 1. The average molecular weight is 410 g/mol. The summed E-state index contributed by atoms with van der Waals surface area (Å²) >= 11 is 0. The number of nitrogens with one attached hydrogen (secondary N) is 3. The number of ether oxygens (including phenoxy) is 2. The molecule has 30 heavy (non-hydrogen) atoms. The van der Waals surface area contributed by atoms with Gasteiger partial charge in [0.1, 0.15) is 13.2 Å². The van der Waals surface area contributed by atoms with Crippen LogP contribution in [-0.2, 0) is 0 Å². The number of H-pyrrole nitrogens is 1. The molecule has 3 aliphatic heterocycles. The minimum absolute atomic E-state index is 0.297. The van der Waals surface area contributed by atoms with Crippen LogP contribution >= 0.6 is 0 Å². The van der Waals surface area contributed by atoms with E-state index in [0.717, 1.165) is 25.1 Å². The van der Waals surface area contributed by atoms with Crippen LogP contribution in [-0.4, -0.2) is 62.9 Å². The zero-order valence-corrected chi connectivity index (χ0v) is 17.0. The first kappa shape index (κ1) is 18.9. The van der Waals surface area contributed by atoms with Crippen LogP contribution in [0.25, 0.3) is 0 Å². The van der Waals surface area contributed by atoms with E-state index in [4.69, 9.17) is 14.7 Å². The largest absolute Gasteiger partial charge is 0.482 e. The van der Waals surface area contributed by atoms with E-state index < -0.39 is 0 Å². The predicted octanol–water partition coefficient (Wildman–Crippen LogP) is 2.34. The van der Waals surface area contributed by atoms with Crippen molar-refractivity contribution in [2.45, 2.75) is 57.2 Å². The topological polar surface area (TPSA) is 124 Å². The lowest BCUT2D eigenvalue weighted by Gasteiger charge is -2.39. The summed E-state index contributed by atoms with van der Waals surface area (Å²) in [5.41, 5.74) is 0.951. The molecule has 158 valence electrons. The van der Waals surface area contributed by atoms with Gasteiger partial charge in [0.05, 0.1) is 6.07 Å². The highest BCUT2D eigenvalue weighted by molar-refractivity contribution is 5.62. The standard InChI is InChI=1S/C20H26N8O2/c1-12-9-16(27-26-12)23-20-24-18(17-19(25-20)30-8-7-29-17)22-13-10-14-3-4-15(11-13)28(14)6-2-5-21/h9,13-15H,2-4,6-8,10-11H2,1H3,(H3,22,23,24,25,26,27)/t13?,14-,15+. The first-order chi connectivity index (χ1) is 14.7. The minimum Gasteiger partial charge on any atom is -0.482 e. The van der Waals surface area contributed by atoms with Crippen molar-refractivity contribution >= 4 is 17.6 Å². The second-order valence-electron chi connectivity index (χ2n) is 8.13. The maximum Gasteiger partial charge on any atom is 0.264 e. The molecular formula is C20H26N8O2. The Morgan fingerprint density at radius 3 is 2.77 bits per heavy atom. The first-order valence-electron chi connectivity index (χ1n) is 10.6. The van der Waals surface area contributed by atoms with Gasteiger partial charge < -0.3 is 20.1 Å². The van der Waals surface area contributed by atoms with E-state index in [1.807, 2.05) is 13.0 Å². The van der Waals surface area contributed by atoms with E-state index in [2.05, 4.69) is 41.8 Å². The smallest absolute Gasteiger partial charge is 0.264 e. The number of rotatable bonds is 6. The average Bonchev–Trinajstić information content (AvgIpc) is 3.25. The van der Waals surface area contributed by atoms with Crippen molar-refractivity contribution in [1.29, 1.82) is 5.26 Å². The van der Waals surface area contributed by atoms with Crippen LogP contribution in [0.1, 0.15) is 37.8 Å². The second kappa shape index (κ2) is 7.99. The molecule has 2 fully saturated rings. The maximum atomic E-state index is 8.94. The van der Waals surface area contributed by atoms with E-state index in [1.54, 1.807) is 0 Å². The molecule has 0 aromatic carbocycles. The Morgan fingerprint density at radius 1 is 1.23 bits per heavy atom. The van der Waals surface area contributed by atoms with Crippen molar-refractivity contribution in [3.05, 3.63) is 11.8 Å². The lowest BCUT2D eigenvalue weighted by Crippen LogP contribution is -2.47. The fourth-order valence-electron chi connectivity index (χ4n) is 4.82. The Labute approximate surface area is 175 Å². The van der Waals surface area contributed by atoms with E-state index in [0.29, 0.717) is 67.0 Å². The number of nitrogens with zero attached hydrogens (tertiary/aromatic N) is 5. The van der Waals surface area contributed by atoms with Crippen molar-refractivity contribution in [3.63, 3.8) is 0 Å². The van der Waals surface area contributed by atoms with Gasteiger partial charge in [0.25, 0.3) is 5.88 Å². The maximum absolute atomic E-state index is 8.94. The van der Waals surface area contributed by atoms with Gasteiger partial charge in [-0.2, -0.15) is 20.3 Å². The fourth-order valence-corrected chi connectivity index (χ4v) is 4.82. The molecule has 3 N–H and O–H groups in total. The van der Waals surface area contributed by atoms with E-state index in [9.17, 15) is 0 Å². The summed E-state index contributed by atoms with van der Waals surface area (Å²) in [5, 5.41) is 22.8. The Morgan fingerprint density at radius 2 is 2.03 bits per heavy atom. The molecule has 0 aliphatic carbocycles. The first-order valence-corrected chi connectivity index (χ1v) is 10.6. The normalized spacial score (nSPS) is 25.0. The molecule has 2 aromatic rings. The quantitative estimate of drug-likeness (QED) is 0.658. The molecule has 0 spiro atoms. The van der Waals surface area contributed by atoms with E-state index >= 15 is 0 Å². The van der Waals surface area contributed by atoms with Crippen LogP contribution < -0.4 is 20.1 Å². The molecule has 2 aromatic heterocycles. The van der Waals surface area contributed by atoms with Crippen molar-refractivity contribution in [1.82, 2.24) is 25.1 Å². The van der Waals surface area contributed by atoms with Gasteiger partial charge in [-0.05, 0) is 32.6 Å². The number of fused-ring (bicyclic) bond motifs is 3. The van der Waals surface area contributed by atoms with Gasteiger partial charge in [0, 0.05) is 42.9 Å². The molecule has 0 saturated carbocycles. The summed E-state index contributed by atoms with van der Waals surface area (Å²) < 4.78 is 11.6. The summed E-state index contributed by atoms with van der Waals surface area (Å²) in [4.78, 5) is 11.6. The minimum atomic E-state index is 0.297. The molecule has 10 heteroatoms. The van der Waals surface area contributed by atoms with Crippen molar-refractivity contribution in [2.24, 2.45) is 0 Å². The third-order valence-corrected chi connectivity index (χ3v) is 6.06. The number of aromatic amines is 1. The number of piperidine rings is 1. The number of anilines is 3.